The molecule has 34 heavy (non-hydrogen) atoms. The van der Waals surface area contributed by atoms with Gasteiger partial charge in [-0.2, -0.15) is 8.42 Å². The van der Waals surface area contributed by atoms with E-state index >= 15 is 0 Å². The molecule has 0 unspecified atom stereocenters. The summed E-state index contributed by atoms with van der Waals surface area (Å²) in [7, 11) is -3.40. The molecule has 2 rings (SSSR count). The van der Waals surface area contributed by atoms with Crippen molar-refractivity contribution in [3.05, 3.63) is 59.7 Å². The van der Waals surface area contributed by atoms with Crippen LogP contribution < -0.4 is 9.47 Å². The summed E-state index contributed by atoms with van der Waals surface area (Å²) in [5, 5.41) is 8.95. The van der Waals surface area contributed by atoms with Crippen LogP contribution in [0.3, 0.4) is 0 Å². The average Bonchev–Trinajstić information content (AvgIpc) is 2.83. The summed E-state index contributed by atoms with van der Waals surface area (Å²) in [4.78, 5) is 0. The molecular formula is C27H42O6S. The second kappa shape index (κ2) is 18.3. The second-order valence-corrected chi connectivity index (χ2v) is 9.88. The molecule has 0 amide bonds. The lowest BCUT2D eigenvalue weighted by atomic mass is 10.2. The van der Waals surface area contributed by atoms with Gasteiger partial charge in [0.2, 0.25) is 0 Å². The van der Waals surface area contributed by atoms with Crippen molar-refractivity contribution in [1.29, 1.82) is 0 Å². The molecule has 0 fully saturated rings. The van der Waals surface area contributed by atoms with Crippen LogP contribution in [-0.2, 0) is 27.5 Å². The molecule has 0 aliphatic heterocycles. The van der Waals surface area contributed by atoms with E-state index in [1.807, 2.05) is 48.5 Å². The predicted octanol–water partition coefficient (Wildman–Crippen LogP) is 6.26. The van der Waals surface area contributed by atoms with Gasteiger partial charge in [-0.15, -0.1) is 0 Å². The second-order valence-electron chi connectivity index (χ2n) is 8.24. The van der Waals surface area contributed by atoms with Gasteiger partial charge in [0.25, 0.3) is 10.1 Å². The summed E-state index contributed by atoms with van der Waals surface area (Å²) in [6, 6.07) is 14.9. The van der Waals surface area contributed by atoms with Gasteiger partial charge in [0, 0.05) is 0 Å². The van der Waals surface area contributed by atoms with E-state index in [0.717, 1.165) is 48.3 Å². The molecule has 0 bridgehead atoms. The Hall–Kier alpha value is -2.09. The number of benzene rings is 2. The molecule has 1 N–H and O–H groups in total. The van der Waals surface area contributed by atoms with Crippen molar-refractivity contribution in [1.82, 2.24) is 0 Å². The Morgan fingerprint density at radius 1 is 0.735 bits per heavy atom. The molecule has 0 spiro atoms. The van der Waals surface area contributed by atoms with Crippen LogP contribution in [0.25, 0.3) is 0 Å². The van der Waals surface area contributed by atoms with Crippen molar-refractivity contribution >= 4 is 10.1 Å². The maximum atomic E-state index is 10.9. The zero-order chi connectivity index (χ0) is 25.1. The van der Waals surface area contributed by atoms with Crippen molar-refractivity contribution in [2.24, 2.45) is 0 Å². The largest absolute Gasteiger partial charge is 0.494 e. The Bertz CT molecular complexity index is 882. The van der Waals surface area contributed by atoms with Crippen LogP contribution in [0.1, 0.15) is 76.3 Å². The van der Waals surface area contributed by atoms with Gasteiger partial charge in [0.05, 0.1) is 32.7 Å². The van der Waals surface area contributed by atoms with E-state index in [-0.39, 0.29) is 13.2 Å². The van der Waals surface area contributed by atoms with Crippen molar-refractivity contribution in [2.45, 2.75) is 78.4 Å². The maximum absolute atomic E-state index is 10.9. The monoisotopic (exact) mass is 494 g/mol. The SMILES string of the molecule is CCCCCCOc1cccc(CO)c1.CCCCCCOc1cccc(COS(C)(=O)=O)c1. The minimum atomic E-state index is -3.40. The molecule has 0 aromatic heterocycles. The van der Waals surface area contributed by atoms with Crippen LogP contribution in [0.4, 0.5) is 0 Å². The number of hydrogen-bond donors (Lipinski definition) is 1. The Kier molecular flexibility index (Phi) is 16.1. The molecular weight excluding hydrogens is 452 g/mol. The van der Waals surface area contributed by atoms with Crippen molar-refractivity contribution in [3.8, 4) is 11.5 Å². The summed E-state index contributed by atoms with van der Waals surface area (Å²) in [5.41, 5.74) is 1.69. The van der Waals surface area contributed by atoms with Gasteiger partial charge in [-0.1, -0.05) is 76.6 Å². The smallest absolute Gasteiger partial charge is 0.264 e. The van der Waals surface area contributed by atoms with Gasteiger partial charge in [0.1, 0.15) is 11.5 Å². The quantitative estimate of drug-likeness (QED) is 0.219. The first-order valence-electron chi connectivity index (χ1n) is 12.3. The summed E-state index contributed by atoms with van der Waals surface area (Å²) in [6.45, 7) is 5.96. The molecule has 0 saturated heterocycles. The minimum absolute atomic E-state index is 0.0475. The van der Waals surface area contributed by atoms with Gasteiger partial charge < -0.3 is 14.6 Å². The third-order valence-corrected chi connectivity index (χ3v) is 5.50. The van der Waals surface area contributed by atoms with E-state index in [9.17, 15) is 8.42 Å². The Morgan fingerprint density at radius 3 is 1.71 bits per heavy atom. The standard InChI is InChI=1S/C14H22O4S.C13H20O2/c1-3-4-5-6-10-17-14-9-7-8-13(11-14)12-18-19(2,15)16;1-2-3-4-5-9-15-13-8-6-7-12(10-13)11-14/h7-9,11H,3-6,10,12H2,1-2H3;6-8,10,14H,2-5,9,11H2,1H3. The lowest BCUT2D eigenvalue weighted by molar-refractivity contribution is 0.278. The summed E-state index contributed by atoms with van der Waals surface area (Å²) < 4.78 is 37.8. The van der Waals surface area contributed by atoms with Gasteiger partial charge in [-0.3, -0.25) is 4.18 Å². The van der Waals surface area contributed by atoms with E-state index < -0.39 is 10.1 Å². The zero-order valence-corrected chi connectivity index (χ0v) is 21.8. The Labute approximate surface area is 206 Å². The molecule has 0 heterocycles. The van der Waals surface area contributed by atoms with Crippen LogP contribution in [0.2, 0.25) is 0 Å². The summed E-state index contributed by atoms with van der Waals surface area (Å²) >= 11 is 0. The Morgan fingerprint density at radius 2 is 1.24 bits per heavy atom. The van der Waals surface area contributed by atoms with Crippen LogP contribution in [0.5, 0.6) is 11.5 Å². The van der Waals surface area contributed by atoms with Gasteiger partial charge in [-0.05, 0) is 48.2 Å². The van der Waals surface area contributed by atoms with E-state index in [0.29, 0.717) is 6.61 Å². The van der Waals surface area contributed by atoms with E-state index in [1.54, 1.807) is 0 Å². The zero-order valence-electron chi connectivity index (χ0n) is 21.0. The molecule has 0 atom stereocenters. The van der Waals surface area contributed by atoms with Crippen molar-refractivity contribution < 1.29 is 27.2 Å². The molecule has 0 saturated carbocycles. The van der Waals surface area contributed by atoms with Crippen LogP contribution in [0, 0.1) is 0 Å². The average molecular weight is 495 g/mol. The summed E-state index contributed by atoms with van der Waals surface area (Å²) in [5.74, 6) is 1.61. The number of ether oxygens (including phenoxy) is 2. The third-order valence-electron chi connectivity index (χ3n) is 4.95. The first-order valence-corrected chi connectivity index (χ1v) is 14.1. The molecule has 2 aromatic carbocycles. The molecule has 0 aliphatic carbocycles. The van der Waals surface area contributed by atoms with Crippen LogP contribution in [0.15, 0.2) is 48.5 Å². The lowest BCUT2D eigenvalue weighted by Gasteiger charge is -2.08. The van der Waals surface area contributed by atoms with Crippen molar-refractivity contribution in [2.75, 3.05) is 19.5 Å². The number of rotatable bonds is 16. The normalized spacial score (nSPS) is 10.9. The molecule has 6 nitrogen and oxygen atoms in total. The molecule has 2 aromatic rings. The predicted molar refractivity (Wildman–Crippen MR) is 138 cm³/mol. The first kappa shape index (κ1) is 29.9. The van der Waals surface area contributed by atoms with Gasteiger partial charge in [-0.25, -0.2) is 0 Å². The molecule has 0 aliphatic rings. The number of aliphatic hydroxyl groups is 1. The highest BCUT2D eigenvalue weighted by molar-refractivity contribution is 7.85. The number of unbranched alkanes of at least 4 members (excludes halogenated alkanes) is 6. The van der Waals surface area contributed by atoms with Crippen LogP contribution >= 0.6 is 0 Å². The highest BCUT2D eigenvalue weighted by Gasteiger charge is 2.03. The highest BCUT2D eigenvalue weighted by Crippen LogP contribution is 2.16. The first-order chi connectivity index (χ1) is 16.4. The van der Waals surface area contributed by atoms with E-state index in [2.05, 4.69) is 13.8 Å². The third kappa shape index (κ3) is 15.7. The highest BCUT2D eigenvalue weighted by atomic mass is 32.2. The number of hydrogen-bond acceptors (Lipinski definition) is 6. The maximum Gasteiger partial charge on any atom is 0.264 e. The van der Waals surface area contributed by atoms with Crippen LogP contribution in [-0.4, -0.2) is 33.0 Å². The van der Waals surface area contributed by atoms with E-state index in [4.69, 9.17) is 18.8 Å². The fourth-order valence-electron chi connectivity index (χ4n) is 3.07. The van der Waals surface area contributed by atoms with Gasteiger partial charge >= 0.3 is 0 Å². The molecule has 0 radical (unpaired) electrons. The minimum Gasteiger partial charge on any atom is -0.494 e. The van der Waals surface area contributed by atoms with Gasteiger partial charge in [0.15, 0.2) is 0 Å². The van der Waals surface area contributed by atoms with Crippen molar-refractivity contribution in [3.63, 3.8) is 0 Å². The topological polar surface area (TPSA) is 82.1 Å². The fourth-order valence-corrected chi connectivity index (χ4v) is 3.42. The lowest BCUT2D eigenvalue weighted by Crippen LogP contribution is -2.03. The van der Waals surface area contributed by atoms with E-state index in [1.165, 1.54) is 38.5 Å². The number of aliphatic hydroxyl groups excluding tert-OH is 1. The summed E-state index contributed by atoms with van der Waals surface area (Å²) in [6.07, 6.45) is 10.6. The molecule has 7 heteroatoms. The molecule has 192 valence electrons. The fraction of sp³-hybridized carbons (Fsp3) is 0.556. The Balaban J connectivity index is 0.000000350.